The molecule has 2 fully saturated rings. The van der Waals surface area contributed by atoms with Crippen LogP contribution < -0.4 is 5.73 Å². The molecule has 1 amide bonds. The molecule has 12 heteroatoms. The highest BCUT2D eigenvalue weighted by molar-refractivity contribution is 6.24. The molecule has 1 aromatic carbocycles. The van der Waals surface area contributed by atoms with E-state index in [1.807, 2.05) is 32.8 Å². The molecule has 256 valence electrons. The van der Waals surface area contributed by atoms with Gasteiger partial charge < -0.3 is 35.8 Å². The zero-order chi connectivity index (χ0) is 34.9. The van der Waals surface area contributed by atoms with Gasteiger partial charge in [0, 0.05) is 29.0 Å². The van der Waals surface area contributed by atoms with Crippen molar-refractivity contribution in [1.82, 2.24) is 9.80 Å². The van der Waals surface area contributed by atoms with Crippen LogP contribution >= 0.6 is 0 Å². The first-order chi connectivity index (χ1) is 21.9. The average molecular weight is 654 g/mol. The summed E-state index contributed by atoms with van der Waals surface area (Å²) in [6.07, 6.45) is 2.39. The van der Waals surface area contributed by atoms with Gasteiger partial charge in [-0.25, -0.2) is 0 Å². The highest BCUT2D eigenvalue weighted by Crippen LogP contribution is 2.58. The fourth-order valence-electron chi connectivity index (χ4n) is 8.72. The summed E-state index contributed by atoms with van der Waals surface area (Å²) in [6, 6.07) is 2.13. The van der Waals surface area contributed by atoms with Gasteiger partial charge in [-0.05, 0) is 52.5 Å². The molecule has 5 rings (SSSR count). The largest absolute Gasteiger partial charge is 0.508 e. The van der Waals surface area contributed by atoms with E-state index in [1.54, 1.807) is 19.1 Å². The fraction of sp³-hybridized carbons (Fsp3) is 0.600. The summed E-state index contributed by atoms with van der Waals surface area (Å²) < 4.78 is 6.25. The number of nitrogens with zero attached hydrogens (tertiary/aromatic N) is 2. The van der Waals surface area contributed by atoms with Crippen molar-refractivity contribution >= 4 is 29.2 Å². The molecule has 0 radical (unpaired) electrons. The molecule has 1 aromatic rings. The van der Waals surface area contributed by atoms with Crippen molar-refractivity contribution in [3.8, 4) is 5.75 Å². The van der Waals surface area contributed by atoms with Crippen LogP contribution in [0.3, 0.4) is 0 Å². The minimum Gasteiger partial charge on any atom is -0.508 e. The fourth-order valence-corrected chi connectivity index (χ4v) is 8.72. The van der Waals surface area contributed by atoms with Crippen molar-refractivity contribution in [2.75, 3.05) is 34.7 Å². The Bertz CT molecular complexity index is 1590. The minimum absolute atomic E-state index is 0.00419. The Morgan fingerprint density at radius 2 is 1.66 bits per heavy atom. The molecule has 12 nitrogen and oxygen atoms in total. The summed E-state index contributed by atoms with van der Waals surface area (Å²) in [5.41, 5.74) is 1.62. The number of nitrogens with two attached hydrogens (primary N) is 1. The number of phenolic OH excluding ortho intramolecular Hbond substituents is 1. The maximum Gasteiger partial charge on any atom is 0.309 e. The first-order valence-electron chi connectivity index (χ1n) is 16.2. The predicted molar refractivity (Wildman–Crippen MR) is 172 cm³/mol. The maximum absolute atomic E-state index is 14.6. The number of esters is 1. The van der Waals surface area contributed by atoms with Crippen molar-refractivity contribution in [3.05, 3.63) is 45.7 Å². The SMILES string of the molecule is C[C@H]1c2ccc(C(C)(C)CN(C)C)c(O)c2C(O)=C2C(=O)[C@]3(O)C(O)=C(C(N)=O)C(=O)[C@@H](N(C)C)[C@@H]3[C@@H](OC(=O)C3CCCCC3)[C@@H]21. The predicted octanol–water partition coefficient (Wildman–Crippen LogP) is 2.47. The van der Waals surface area contributed by atoms with Crippen LogP contribution in [0.4, 0.5) is 0 Å². The van der Waals surface area contributed by atoms with Crippen molar-refractivity contribution in [1.29, 1.82) is 0 Å². The second kappa shape index (κ2) is 12.1. The standard InChI is InChI=1S/C35H47N3O9/c1-16-18-13-14-19(34(2,3)15-37(4)5)26(39)21(18)27(40)22-20(16)29(47-33(45)17-11-9-8-10-12-17)24-25(38(6)7)28(41)23(32(36)44)31(43)35(24,46)30(22)42/h13-14,16-17,20,24-25,29,39-40,43,46H,8-12,15H2,1-7H3,(H2,36,44)/t16-,20+,24+,25-,29-,35-/m0/s1. The monoisotopic (exact) mass is 653 g/mol. The van der Waals surface area contributed by atoms with Crippen molar-refractivity contribution in [2.45, 2.75) is 82.0 Å². The second-order valence-electron chi connectivity index (χ2n) is 14.8. The lowest BCUT2D eigenvalue weighted by atomic mass is 9.54. The molecule has 6 atom stereocenters. The summed E-state index contributed by atoms with van der Waals surface area (Å²) >= 11 is 0. The van der Waals surface area contributed by atoms with Gasteiger partial charge in [-0.1, -0.05) is 52.2 Å². The van der Waals surface area contributed by atoms with Crippen LogP contribution in [0.25, 0.3) is 5.76 Å². The molecule has 6 N–H and O–H groups in total. The third-order valence-corrected chi connectivity index (χ3v) is 10.7. The molecule has 4 aliphatic rings. The highest BCUT2D eigenvalue weighted by Gasteiger charge is 2.69. The number of ether oxygens (including phenoxy) is 1. The van der Waals surface area contributed by atoms with E-state index in [2.05, 4.69) is 0 Å². The van der Waals surface area contributed by atoms with Crippen LogP contribution in [-0.2, 0) is 29.3 Å². The Kier molecular flexibility index (Phi) is 8.87. The van der Waals surface area contributed by atoms with Gasteiger partial charge in [-0.15, -0.1) is 0 Å². The molecule has 0 unspecified atom stereocenters. The van der Waals surface area contributed by atoms with Crippen molar-refractivity contribution in [2.24, 2.45) is 23.5 Å². The lowest BCUT2D eigenvalue weighted by Gasteiger charge is -2.54. The van der Waals surface area contributed by atoms with Gasteiger partial charge >= 0.3 is 5.97 Å². The Morgan fingerprint density at radius 1 is 1.04 bits per heavy atom. The lowest BCUT2D eigenvalue weighted by molar-refractivity contribution is -0.188. The van der Waals surface area contributed by atoms with Gasteiger partial charge in [0.05, 0.1) is 23.4 Å². The summed E-state index contributed by atoms with van der Waals surface area (Å²) in [6.45, 7) is 6.17. The number of carbonyl (C=O) groups excluding carboxylic acids is 4. The highest BCUT2D eigenvalue weighted by atomic mass is 16.5. The number of hydrogen-bond donors (Lipinski definition) is 5. The number of aromatic hydroxyl groups is 1. The van der Waals surface area contributed by atoms with E-state index in [1.165, 1.54) is 19.0 Å². The minimum atomic E-state index is -2.97. The van der Waals surface area contributed by atoms with Crippen LogP contribution in [0, 0.1) is 17.8 Å². The number of rotatable bonds is 7. The number of aliphatic hydroxyl groups excluding tert-OH is 2. The van der Waals surface area contributed by atoms with Crippen LogP contribution in [0.1, 0.15) is 75.5 Å². The van der Waals surface area contributed by atoms with Gasteiger partial charge in [0.1, 0.15) is 28.9 Å². The quantitative estimate of drug-likeness (QED) is 0.215. The van der Waals surface area contributed by atoms with Crippen LogP contribution in [-0.4, -0.2) is 106 Å². The van der Waals surface area contributed by atoms with E-state index in [4.69, 9.17) is 10.5 Å². The van der Waals surface area contributed by atoms with Crippen LogP contribution in [0.15, 0.2) is 29.0 Å². The van der Waals surface area contributed by atoms with E-state index in [9.17, 15) is 39.6 Å². The van der Waals surface area contributed by atoms with E-state index in [0.29, 0.717) is 30.5 Å². The molecule has 0 spiro atoms. The van der Waals surface area contributed by atoms with Gasteiger partial charge in [0.25, 0.3) is 5.91 Å². The number of amides is 1. The Labute approximate surface area is 274 Å². The molecule has 0 bridgehead atoms. The number of aliphatic hydroxyl groups is 3. The third kappa shape index (κ3) is 5.25. The van der Waals surface area contributed by atoms with Gasteiger partial charge in [-0.3, -0.25) is 24.1 Å². The molecule has 0 heterocycles. The van der Waals surface area contributed by atoms with Crippen LogP contribution in [0.2, 0.25) is 0 Å². The Balaban J connectivity index is 1.79. The molecular formula is C35H47N3O9. The number of primary amides is 1. The number of Topliss-reactive ketones (excluding diaryl/α,β-unsaturated/α-hetero) is 2. The summed E-state index contributed by atoms with van der Waals surface area (Å²) in [5, 5.41) is 47.5. The van der Waals surface area contributed by atoms with E-state index < -0.39 is 87.4 Å². The second-order valence-corrected chi connectivity index (χ2v) is 14.8. The number of phenols is 1. The first-order valence-corrected chi connectivity index (χ1v) is 16.2. The maximum atomic E-state index is 14.6. The smallest absolute Gasteiger partial charge is 0.309 e. The lowest BCUT2D eigenvalue weighted by Crippen LogP contribution is -2.71. The summed E-state index contributed by atoms with van der Waals surface area (Å²) in [5.74, 6) is -9.89. The molecule has 47 heavy (non-hydrogen) atoms. The van der Waals surface area contributed by atoms with E-state index in [-0.39, 0.29) is 16.9 Å². The van der Waals surface area contributed by atoms with Gasteiger partial charge in [0.15, 0.2) is 11.4 Å². The van der Waals surface area contributed by atoms with Crippen molar-refractivity contribution < 1.29 is 44.3 Å². The first kappa shape index (κ1) is 34.6. The number of carbonyl (C=O) groups is 4. The third-order valence-electron chi connectivity index (χ3n) is 10.7. The van der Waals surface area contributed by atoms with Crippen LogP contribution in [0.5, 0.6) is 5.75 Å². The molecule has 2 saturated carbocycles. The zero-order valence-electron chi connectivity index (χ0n) is 28.2. The van der Waals surface area contributed by atoms with Crippen molar-refractivity contribution in [3.63, 3.8) is 0 Å². The molecule has 4 aliphatic carbocycles. The Hall–Kier alpha value is -3.74. The summed E-state index contributed by atoms with van der Waals surface area (Å²) in [7, 11) is 6.80. The summed E-state index contributed by atoms with van der Waals surface area (Å²) in [4.78, 5) is 58.1. The molecular weight excluding hydrogens is 606 g/mol. The molecule has 0 aromatic heterocycles. The normalized spacial score (nSPS) is 30.0. The van der Waals surface area contributed by atoms with Gasteiger partial charge in [-0.2, -0.15) is 0 Å². The van der Waals surface area contributed by atoms with E-state index >= 15 is 0 Å². The van der Waals surface area contributed by atoms with Gasteiger partial charge in [0.2, 0.25) is 5.78 Å². The Morgan fingerprint density at radius 3 is 2.21 bits per heavy atom. The number of hydrogen-bond acceptors (Lipinski definition) is 11. The number of ketones is 2. The number of fused-ring (bicyclic) bond motifs is 3. The number of benzene rings is 1. The average Bonchev–Trinajstić information content (AvgIpc) is 2.97. The van der Waals surface area contributed by atoms with E-state index in [0.717, 1.165) is 19.3 Å². The zero-order valence-corrected chi connectivity index (χ0v) is 28.2. The molecule has 0 saturated heterocycles. The molecule has 0 aliphatic heterocycles. The number of likely N-dealkylation sites (N-methyl/N-ethyl adjacent to an activating group) is 2. The topological polar surface area (TPSA) is 191 Å².